The quantitative estimate of drug-likeness (QED) is 0.508. The minimum absolute atomic E-state index is 0.0272. The number of carbonyl (C=O) groups is 2. The van der Waals surface area contributed by atoms with Gasteiger partial charge in [-0.3, -0.25) is 9.59 Å². The van der Waals surface area contributed by atoms with Crippen molar-refractivity contribution in [3.8, 4) is 0 Å². The number of benzene rings is 2. The Morgan fingerprint density at radius 2 is 1.91 bits per heavy atom. The second kappa shape index (κ2) is 8.57. The molecule has 1 fully saturated rings. The second-order valence-corrected chi connectivity index (χ2v) is 10.4. The molecule has 11 heteroatoms. The average molecular weight is 478 g/mol. The van der Waals surface area contributed by atoms with Crippen molar-refractivity contribution in [3.63, 3.8) is 0 Å². The van der Waals surface area contributed by atoms with Gasteiger partial charge in [0, 0.05) is 18.7 Å². The minimum Gasteiger partial charge on any atom is -0.468 e. The van der Waals surface area contributed by atoms with Gasteiger partial charge < -0.3 is 9.30 Å². The van der Waals surface area contributed by atoms with Gasteiger partial charge in [0.15, 0.2) is 4.80 Å². The highest BCUT2D eigenvalue weighted by Crippen LogP contribution is 2.30. The third-order valence-corrected chi connectivity index (χ3v) is 8.16. The number of thiazole rings is 1. The lowest BCUT2D eigenvalue weighted by Gasteiger charge is -2.16. The molecule has 2 aromatic carbocycles. The van der Waals surface area contributed by atoms with E-state index in [0.29, 0.717) is 10.2 Å². The van der Waals surface area contributed by atoms with Crippen LogP contribution in [0.15, 0.2) is 52.4 Å². The van der Waals surface area contributed by atoms with Crippen molar-refractivity contribution in [1.82, 2.24) is 8.87 Å². The number of fused-ring (bicyclic) bond motifs is 1. The van der Waals surface area contributed by atoms with Crippen LogP contribution in [0.3, 0.4) is 0 Å². The van der Waals surface area contributed by atoms with E-state index in [0.717, 1.165) is 24.2 Å². The Morgan fingerprint density at radius 1 is 1.22 bits per heavy atom. The highest BCUT2D eigenvalue weighted by atomic mass is 32.2. The van der Waals surface area contributed by atoms with E-state index in [1.807, 2.05) is 0 Å². The van der Waals surface area contributed by atoms with Crippen molar-refractivity contribution < 1.29 is 27.1 Å². The van der Waals surface area contributed by atoms with Gasteiger partial charge in [0.05, 0.1) is 22.2 Å². The number of amides is 1. The van der Waals surface area contributed by atoms with Crippen molar-refractivity contribution in [1.29, 1.82) is 0 Å². The smallest absolute Gasteiger partial charge is 0.325 e. The van der Waals surface area contributed by atoms with Crippen LogP contribution in [0.4, 0.5) is 4.39 Å². The fraction of sp³-hybridized carbons (Fsp3) is 0.286. The fourth-order valence-corrected chi connectivity index (χ4v) is 5.67. The van der Waals surface area contributed by atoms with Crippen LogP contribution in [0.1, 0.15) is 23.2 Å². The lowest BCUT2D eigenvalue weighted by molar-refractivity contribution is -0.141. The normalized spacial score (nSPS) is 14.8. The summed E-state index contributed by atoms with van der Waals surface area (Å²) < 4.78 is 46.9. The summed E-state index contributed by atoms with van der Waals surface area (Å²) in [6.07, 6.45) is 1.69. The zero-order chi connectivity index (χ0) is 23.0. The third kappa shape index (κ3) is 4.36. The Labute approximate surface area is 187 Å². The Hall–Kier alpha value is -2.89. The average Bonchev–Trinajstić information content (AvgIpc) is 3.57. The summed E-state index contributed by atoms with van der Waals surface area (Å²) >= 11 is 1.06. The number of hydrogen-bond donors (Lipinski definition) is 0. The number of sulfonamides is 1. The number of halogens is 1. The summed E-state index contributed by atoms with van der Waals surface area (Å²) in [5, 5.41) is 0. The van der Waals surface area contributed by atoms with Crippen LogP contribution in [0, 0.1) is 5.82 Å². The van der Waals surface area contributed by atoms with E-state index in [1.165, 1.54) is 58.4 Å². The first kappa shape index (κ1) is 22.3. The topological polar surface area (TPSA) is 98.0 Å². The molecule has 3 aromatic rings. The van der Waals surface area contributed by atoms with Crippen LogP contribution in [0.25, 0.3) is 10.2 Å². The molecule has 0 aliphatic heterocycles. The maximum absolute atomic E-state index is 13.6. The van der Waals surface area contributed by atoms with E-state index in [-0.39, 0.29) is 27.8 Å². The first-order valence-corrected chi connectivity index (χ1v) is 12.0. The molecule has 168 valence electrons. The van der Waals surface area contributed by atoms with Gasteiger partial charge in [0.1, 0.15) is 12.4 Å². The molecule has 1 amide bonds. The summed E-state index contributed by atoms with van der Waals surface area (Å²) in [4.78, 5) is 29.0. The van der Waals surface area contributed by atoms with Crippen molar-refractivity contribution in [3.05, 3.63) is 58.6 Å². The predicted octanol–water partition coefficient (Wildman–Crippen LogP) is 2.54. The number of nitrogens with zero attached hydrogens (tertiary/aromatic N) is 3. The molecule has 0 saturated heterocycles. The molecule has 0 atom stereocenters. The van der Waals surface area contributed by atoms with Crippen molar-refractivity contribution in [2.75, 3.05) is 14.2 Å². The third-order valence-electron chi connectivity index (χ3n) is 5.20. The molecule has 1 aliphatic carbocycles. The number of aromatic nitrogens is 1. The first-order chi connectivity index (χ1) is 15.2. The highest BCUT2D eigenvalue weighted by molar-refractivity contribution is 7.89. The summed E-state index contributed by atoms with van der Waals surface area (Å²) in [5.41, 5.74) is 0.726. The number of carbonyl (C=O) groups excluding carboxylic acids is 2. The number of methoxy groups -OCH3 is 1. The fourth-order valence-electron chi connectivity index (χ4n) is 3.20. The molecule has 0 N–H and O–H groups in total. The van der Waals surface area contributed by atoms with E-state index in [9.17, 15) is 22.4 Å². The molecular weight excluding hydrogens is 457 g/mol. The zero-order valence-corrected chi connectivity index (χ0v) is 19.0. The molecule has 0 radical (unpaired) electrons. The van der Waals surface area contributed by atoms with Crippen molar-refractivity contribution in [2.24, 2.45) is 4.99 Å². The standard InChI is InChI=1S/C21H20FN3O5S2/c1-24(15-6-7-15)32(28,29)16-8-3-13(4-9-16)20(27)23-21-25(12-19(26)30-2)17-10-5-14(22)11-18(17)31-21/h3-5,8-11,15H,6-7,12H2,1-2H3. The molecule has 32 heavy (non-hydrogen) atoms. The van der Waals surface area contributed by atoms with Gasteiger partial charge in [0.25, 0.3) is 5.91 Å². The van der Waals surface area contributed by atoms with Crippen LogP contribution >= 0.6 is 11.3 Å². The van der Waals surface area contributed by atoms with Gasteiger partial charge in [-0.25, -0.2) is 12.8 Å². The molecule has 4 rings (SSSR count). The maximum atomic E-state index is 13.6. The summed E-state index contributed by atoms with van der Waals surface area (Å²) in [6, 6.07) is 9.64. The van der Waals surface area contributed by atoms with E-state index < -0.39 is 27.7 Å². The van der Waals surface area contributed by atoms with Crippen LogP contribution in [0.5, 0.6) is 0 Å². The number of esters is 1. The van der Waals surface area contributed by atoms with Gasteiger partial charge in [-0.1, -0.05) is 11.3 Å². The van der Waals surface area contributed by atoms with Gasteiger partial charge >= 0.3 is 5.97 Å². The molecule has 0 unspecified atom stereocenters. The molecule has 0 bridgehead atoms. The van der Waals surface area contributed by atoms with Gasteiger partial charge in [0.2, 0.25) is 10.0 Å². The maximum Gasteiger partial charge on any atom is 0.325 e. The molecule has 1 saturated carbocycles. The Kier molecular flexibility index (Phi) is 5.97. The van der Waals surface area contributed by atoms with Crippen LogP contribution < -0.4 is 4.80 Å². The van der Waals surface area contributed by atoms with E-state index >= 15 is 0 Å². The molecule has 1 aromatic heterocycles. The monoisotopic (exact) mass is 477 g/mol. The molecule has 0 spiro atoms. The Balaban J connectivity index is 1.68. The predicted molar refractivity (Wildman–Crippen MR) is 116 cm³/mol. The minimum atomic E-state index is -3.62. The van der Waals surface area contributed by atoms with Crippen molar-refractivity contribution in [2.45, 2.75) is 30.3 Å². The van der Waals surface area contributed by atoms with Crippen LogP contribution in [0.2, 0.25) is 0 Å². The van der Waals surface area contributed by atoms with Crippen LogP contribution in [-0.4, -0.2) is 49.4 Å². The van der Waals surface area contributed by atoms with Crippen molar-refractivity contribution >= 4 is 43.5 Å². The zero-order valence-electron chi connectivity index (χ0n) is 17.3. The summed E-state index contributed by atoms with van der Waals surface area (Å²) in [7, 11) is -0.826. The first-order valence-electron chi connectivity index (χ1n) is 9.73. The largest absolute Gasteiger partial charge is 0.468 e. The number of hydrogen-bond acceptors (Lipinski definition) is 6. The number of ether oxygens (including phenoxy) is 1. The van der Waals surface area contributed by atoms with Gasteiger partial charge in [-0.05, 0) is 55.3 Å². The van der Waals surface area contributed by atoms with Gasteiger partial charge in [-0.15, -0.1) is 0 Å². The highest BCUT2D eigenvalue weighted by Gasteiger charge is 2.35. The molecular formula is C21H20FN3O5S2. The SMILES string of the molecule is COC(=O)Cn1c(=NC(=O)c2ccc(S(=O)(=O)N(C)C3CC3)cc2)sc2cc(F)ccc21. The molecule has 8 nitrogen and oxygen atoms in total. The van der Waals surface area contributed by atoms with E-state index in [1.54, 1.807) is 7.05 Å². The van der Waals surface area contributed by atoms with E-state index in [4.69, 9.17) is 4.74 Å². The van der Waals surface area contributed by atoms with Gasteiger partial charge in [-0.2, -0.15) is 9.30 Å². The second-order valence-electron chi connectivity index (χ2n) is 7.35. The lowest BCUT2D eigenvalue weighted by Crippen LogP contribution is -2.28. The van der Waals surface area contributed by atoms with E-state index in [2.05, 4.69) is 4.99 Å². The van der Waals surface area contributed by atoms with Crippen LogP contribution in [-0.2, 0) is 26.1 Å². The Morgan fingerprint density at radius 3 is 2.53 bits per heavy atom. The molecule has 1 heterocycles. The molecule has 1 aliphatic rings. The Bertz CT molecular complexity index is 1370. The lowest BCUT2D eigenvalue weighted by atomic mass is 10.2. The summed E-state index contributed by atoms with van der Waals surface area (Å²) in [5.74, 6) is -1.61. The summed E-state index contributed by atoms with van der Waals surface area (Å²) in [6.45, 7) is -0.196. The number of rotatable bonds is 6.